The van der Waals surface area contributed by atoms with Crippen LogP contribution in [-0.4, -0.2) is 28.0 Å². The van der Waals surface area contributed by atoms with Crippen LogP contribution in [0.15, 0.2) is 30.3 Å². The van der Waals surface area contributed by atoms with Gasteiger partial charge in [0.05, 0.1) is 6.42 Å². The molecule has 0 aliphatic rings. The maximum absolute atomic E-state index is 10.2. The second-order valence-electron chi connectivity index (χ2n) is 3.47. The largest absolute Gasteiger partial charge is 0.481 e. The van der Waals surface area contributed by atoms with Crippen molar-refractivity contribution >= 4 is 41.2 Å². The molecule has 1 amide bonds. The zero-order valence-electron chi connectivity index (χ0n) is 12.6. The minimum atomic E-state index is -0.863. The van der Waals surface area contributed by atoms with E-state index < -0.39 is 11.2 Å². The van der Waals surface area contributed by atoms with E-state index in [2.05, 4.69) is 23.7 Å². The number of thiol groups is 1. The average molecular weight is 346 g/mol. The van der Waals surface area contributed by atoms with Crippen LogP contribution in [0.1, 0.15) is 25.8 Å². The van der Waals surface area contributed by atoms with Crippen LogP contribution in [0, 0.1) is 0 Å². The summed E-state index contributed by atoms with van der Waals surface area (Å²) >= 11 is 7.98. The molecule has 8 heteroatoms. The quantitative estimate of drug-likeness (QED) is 0.483. The van der Waals surface area contributed by atoms with E-state index in [4.69, 9.17) is 26.9 Å². The first kappa shape index (κ1) is 22.5. The number of ether oxygens (including phenoxy) is 1. The van der Waals surface area contributed by atoms with Crippen molar-refractivity contribution in [2.75, 3.05) is 6.54 Å². The summed E-state index contributed by atoms with van der Waals surface area (Å²) in [6.45, 7) is 4.67. The molecule has 0 unspecified atom stereocenters. The van der Waals surface area contributed by atoms with Gasteiger partial charge in [-0.2, -0.15) is 0 Å². The summed E-state index contributed by atoms with van der Waals surface area (Å²) in [6, 6.07) is 9.62. The number of carboxylic acid groups (broad SMARTS) is 1. The normalized spacial score (nSPS) is 8.32. The van der Waals surface area contributed by atoms with Crippen molar-refractivity contribution in [2.45, 2.75) is 26.9 Å². The highest BCUT2D eigenvalue weighted by Gasteiger charge is 2.00. The number of amides is 1. The summed E-state index contributed by atoms with van der Waals surface area (Å²) in [4.78, 5) is 19.3. The number of nitrogens with two attached hydrogens (primary N) is 1. The minimum Gasteiger partial charge on any atom is -0.481 e. The molecule has 0 radical (unpaired) electrons. The second-order valence-corrected chi connectivity index (χ2v) is 4.28. The number of thiocarbonyl (C=S) groups is 1. The van der Waals surface area contributed by atoms with Crippen molar-refractivity contribution in [3.05, 3.63) is 35.9 Å². The van der Waals surface area contributed by atoms with Crippen molar-refractivity contribution in [3.63, 3.8) is 0 Å². The Balaban J connectivity index is 0. The smallest absolute Gasteiger partial charge is 0.305 e. The Morgan fingerprint density at radius 3 is 2.27 bits per heavy atom. The summed E-state index contributed by atoms with van der Waals surface area (Å²) in [5.74, 6) is -0.863. The first-order valence-electron chi connectivity index (χ1n) is 6.56. The average Bonchev–Trinajstić information content (AvgIpc) is 2.47. The summed E-state index contributed by atoms with van der Waals surface area (Å²) < 4.78 is 5.24. The third-order valence-electron chi connectivity index (χ3n) is 1.82. The monoisotopic (exact) mass is 346 g/mol. The molecule has 1 aromatic rings. The van der Waals surface area contributed by atoms with Crippen molar-refractivity contribution in [3.8, 4) is 0 Å². The lowest BCUT2D eigenvalue weighted by molar-refractivity contribution is -0.136. The topological polar surface area (TPSA) is 102 Å². The molecule has 0 aliphatic heterocycles. The zero-order valence-corrected chi connectivity index (χ0v) is 14.3. The van der Waals surface area contributed by atoms with Gasteiger partial charge in [-0.15, -0.1) is 0 Å². The Morgan fingerprint density at radius 1 is 1.32 bits per heavy atom. The van der Waals surface area contributed by atoms with Crippen molar-refractivity contribution in [1.29, 1.82) is 0 Å². The standard InChI is InChI=1S/C11H13NO3S.C2H6.CH3NOS/c13-10(14)6-7-12-11(16)15-8-9-4-2-1-3-5-9;1-2;2-1(3)4/h1-5H,6-8H2,(H,12,16)(H,13,14);1-2H3;(H3,2,3,4). The fourth-order valence-electron chi connectivity index (χ4n) is 1.05. The number of benzene rings is 1. The number of hydrogen-bond donors (Lipinski definition) is 4. The van der Waals surface area contributed by atoms with Crippen LogP contribution < -0.4 is 11.1 Å². The van der Waals surface area contributed by atoms with Crippen LogP contribution in [0.3, 0.4) is 0 Å². The van der Waals surface area contributed by atoms with E-state index in [9.17, 15) is 4.79 Å². The summed E-state index contributed by atoms with van der Waals surface area (Å²) in [5.41, 5.74) is 5.35. The van der Waals surface area contributed by atoms with Crippen LogP contribution in [0.4, 0.5) is 4.79 Å². The Hall–Kier alpha value is -1.80. The Kier molecular flexibility index (Phi) is 15.9. The SMILES string of the molecule is CC.NC(=O)S.O=C(O)CCNC(=S)OCc1ccccc1. The number of hydrogen-bond acceptors (Lipinski definition) is 4. The van der Waals surface area contributed by atoms with Gasteiger partial charge in [0.25, 0.3) is 10.4 Å². The summed E-state index contributed by atoms with van der Waals surface area (Å²) in [6.07, 6.45) is 0.0227. The number of rotatable bonds is 5. The summed E-state index contributed by atoms with van der Waals surface area (Å²) in [7, 11) is 0. The Morgan fingerprint density at radius 2 is 1.82 bits per heavy atom. The minimum absolute atomic E-state index is 0.0227. The first-order chi connectivity index (χ1) is 10.4. The number of primary amides is 1. The van der Waals surface area contributed by atoms with Gasteiger partial charge in [-0.3, -0.25) is 9.59 Å². The van der Waals surface area contributed by atoms with Gasteiger partial charge < -0.3 is 20.9 Å². The van der Waals surface area contributed by atoms with E-state index in [0.29, 0.717) is 6.61 Å². The van der Waals surface area contributed by atoms with Gasteiger partial charge >= 0.3 is 5.97 Å². The molecule has 0 saturated carbocycles. The lowest BCUT2D eigenvalue weighted by Gasteiger charge is -2.08. The van der Waals surface area contributed by atoms with Crippen molar-refractivity contribution in [1.82, 2.24) is 5.32 Å². The molecule has 0 spiro atoms. The van der Waals surface area contributed by atoms with Gasteiger partial charge in [0.2, 0.25) is 0 Å². The van der Waals surface area contributed by atoms with Gasteiger partial charge in [0.15, 0.2) is 0 Å². The first-order valence-corrected chi connectivity index (χ1v) is 7.42. The van der Waals surface area contributed by atoms with E-state index in [0.717, 1.165) is 5.56 Å². The van der Waals surface area contributed by atoms with Gasteiger partial charge in [0.1, 0.15) is 6.61 Å². The third-order valence-corrected chi connectivity index (χ3v) is 2.08. The lowest BCUT2D eigenvalue weighted by atomic mass is 10.2. The highest BCUT2D eigenvalue weighted by molar-refractivity contribution is 7.96. The molecule has 0 aliphatic carbocycles. The third kappa shape index (κ3) is 18.2. The second kappa shape index (κ2) is 15.6. The lowest BCUT2D eigenvalue weighted by Crippen LogP contribution is -2.26. The molecule has 0 atom stereocenters. The van der Waals surface area contributed by atoms with Crippen LogP contribution in [0.5, 0.6) is 0 Å². The molecule has 0 bridgehead atoms. The maximum Gasteiger partial charge on any atom is 0.305 e. The predicted molar refractivity (Wildman–Crippen MR) is 94.0 cm³/mol. The van der Waals surface area contributed by atoms with Crippen molar-refractivity contribution < 1.29 is 19.4 Å². The van der Waals surface area contributed by atoms with E-state index in [1.807, 2.05) is 44.2 Å². The zero-order chi connectivity index (χ0) is 17.4. The highest BCUT2D eigenvalue weighted by atomic mass is 32.1. The van der Waals surface area contributed by atoms with Crippen LogP contribution in [-0.2, 0) is 16.1 Å². The van der Waals surface area contributed by atoms with E-state index >= 15 is 0 Å². The summed E-state index contributed by atoms with van der Waals surface area (Å²) in [5, 5.41) is 10.7. The Labute approximate surface area is 141 Å². The molecular weight excluding hydrogens is 324 g/mol. The van der Waals surface area contributed by atoms with E-state index in [1.54, 1.807) is 0 Å². The molecule has 0 saturated heterocycles. The number of carbonyl (C=O) groups is 2. The van der Waals surface area contributed by atoms with Gasteiger partial charge in [-0.1, -0.05) is 56.8 Å². The molecular formula is C14H22N2O4S2. The fraction of sp³-hybridized carbons (Fsp3) is 0.357. The molecule has 0 fully saturated rings. The molecule has 0 heterocycles. The van der Waals surface area contributed by atoms with E-state index in [-0.39, 0.29) is 18.1 Å². The highest BCUT2D eigenvalue weighted by Crippen LogP contribution is 2.00. The number of aliphatic carboxylic acids is 1. The van der Waals surface area contributed by atoms with Crippen LogP contribution >= 0.6 is 24.8 Å². The predicted octanol–water partition coefficient (Wildman–Crippen LogP) is 2.57. The van der Waals surface area contributed by atoms with Gasteiger partial charge in [-0.05, 0) is 17.8 Å². The molecule has 1 aromatic carbocycles. The fourth-order valence-corrected chi connectivity index (χ4v) is 1.21. The molecule has 22 heavy (non-hydrogen) atoms. The number of carbonyl (C=O) groups excluding carboxylic acids is 1. The van der Waals surface area contributed by atoms with Gasteiger partial charge in [0, 0.05) is 6.54 Å². The van der Waals surface area contributed by atoms with Crippen molar-refractivity contribution in [2.24, 2.45) is 5.73 Å². The molecule has 0 aromatic heterocycles. The van der Waals surface area contributed by atoms with E-state index in [1.165, 1.54) is 0 Å². The molecule has 6 nitrogen and oxygen atoms in total. The molecule has 124 valence electrons. The van der Waals surface area contributed by atoms with Crippen LogP contribution in [0.2, 0.25) is 0 Å². The maximum atomic E-state index is 10.2. The van der Waals surface area contributed by atoms with Crippen LogP contribution in [0.25, 0.3) is 0 Å². The molecule has 1 rings (SSSR count). The number of nitrogens with one attached hydrogen (secondary N) is 1. The Bertz CT molecular complexity index is 438. The van der Waals surface area contributed by atoms with Gasteiger partial charge in [-0.25, -0.2) is 0 Å². The number of carboxylic acids is 1. The molecule has 4 N–H and O–H groups in total.